The van der Waals surface area contributed by atoms with E-state index < -0.39 is 4.92 Å². The zero-order chi connectivity index (χ0) is 22.1. The van der Waals surface area contributed by atoms with Crippen LogP contribution in [0.4, 0.5) is 11.4 Å². The highest BCUT2D eigenvalue weighted by Crippen LogP contribution is 2.32. The third-order valence-corrected chi connectivity index (χ3v) is 5.86. The third-order valence-electron chi connectivity index (χ3n) is 5.63. The largest absolute Gasteiger partial charge is 0.362 e. The number of piperazine rings is 1. The minimum Gasteiger partial charge on any atom is -0.362 e. The summed E-state index contributed by atoms with van der Waals surface area (Å²) in [7, 11) is 0. The molecule has 2 aromatic carbocycles. The fourth-order valence-corrected chi connectivity index (χ4v) is 4.06. The molecular formula is C22H22ClN5O3. The Balaban J connectivity index is 1.50. The smallest absolute Gasteiger partial charge is 0.294 e. The van der Waals surface area contributed by atoms with Crippen molar-refractivity contribution in [1.29, 1.82) is 0 Å². The van der Waals surface area contributed by atoms with Crippen LogP contribution >= 0.6 is 11.6 Å². The molecule has 0 saturated carbocycles. The second-order valence-electron chi connectivity index (χ2n) is 7.51. The molecule has 8 nitrogen and oxygen atoms in total. The average molecular weight is 440 g/mol. The zero-order valence-electron chi connectivity index (χ0n) is 17.3. The highest BCUT2D eigenvalue weighted by atomic mass is 35.5. The van der Waals surface area contributed by atoms with Crippen LogP contribution in [0.2, 0.25) is 5.02 Å². The van der Waals surface area contributed by atoms with Gasteiger partial charge in [-0.2, -0.15) is 5.10 Å². The summed E-state index contributed by atoms with van der Waals surface area (Å²) in [4.78, 5) is 27.8. The number of benzene rings is 2. The van der Waals surface area contributed by atoms with Crippen molar-refractivity contribution in [2.24, 2.45) is 0 Å². The minimum absolute atomic E-state index is 0.0253. The molecule has 2 heterocycles. The number of carbonyl (C=O) groups excluding carboxylic acids is 1. The molecule has 31 heavy (non-hydrogen) atoms. The van der Waals surface area contributed by atoms with Crippen molar-refractivity contribution < 1.29 is 9.72 Å². The molecule has 0 aliphatic carbocycles. The van der Waals surface area contributed by atoms with Crippen molar-refractivity contribution in [1.82, 2.24) is 14.7 Å². The van der Waals surface area contributed by atoms with E-state index in [-0.39, 0.29) is 11.6 Å². The number of para-hydroxylation sites is 1. The Kier molecular flexibility index (Phi) is 5.65. The second-order valence-corrected chi connectivity index (χ2v) is 7.95. The first-order valence-corrected chi connectivity index (χ1v) is 10.3. The van der Waals surface area contributed by atoms with Gasteiger partial charge in [0, 0.05) is 37.3 Å². The Morgan fingerprint density at radius 3 is 2.45 bits per heavy atom. The number of nitrogens with zero attached hydrogens (tertiary/aromatic N) is 5. The third kappa shape index (κ3) is 3.98. The number of amides is 1. The number of aryl methyl sites for hydroxylation is 1. The predicted molar refractivity (Wildman–Crippen MR) is 119 cm³/mol. The molecule has 0 bridgehead atoms. The summed E-state index contributed by atoms with van der Waals surface area (Å²) in [5.74, 6) is -0.0809. The van der Waals surface area contributed by atoms with Crippen LogP contribution in [0.5, 0.6) is 0 Å². The van der Waals surface area contributed by atoms with Gasteiger partial charge in [-0.05, 0) is 37.6 Å². The monoisotopic (exact) mass is 439 g/mol. The lowest BCUT2D eigenvalue weighted by molar-refractivity contribution is -0.384. The first kappa shape index (κ1) is 20.9. The van der Waals surface area contributed by atoms with Gasteiger partial charge in [-0.25, -0.2) is 4.68 Å². The van der Waals surface area contributed by atoms with Crippen LogP contribution in [0.15, 0.2) is 48.7 Å². The second kappa shape index (κ2) is 8.39. The van der Waals surface area contributed by atoms with Crippen molar-refractivity contribution in [2.75, 3.05) is 31.1 Å². The summed E-state index contributed by atoms with van der Waals surface area (Å²) in [5, 5.41) is 16.2. The molecule has 0 unspecified atom stereocenters. The van der Waals surface area contributed by atoms with Gasteiger partial charge in [0.15, 0.2) is 0 Å². The lowest BCUT2D eigenvalue weighted by atomic mass is 10.1. The maximum atomic E-state index is 13.1. The molecule has 1 amide bonds. The fraction of sp³-hybridized carbons (Fsp3) is 0.273. The number of carbonyl (C=O) groups is 1. The van der Waals surface area contributed by atoms with E-state index in [1.807, 2.05) is 43.0 Å². The fourth-order valence-electron chi connectivity index (χ4n) is 3.89. The summed E-state index contributed by atoms with van der Waals surface area (Å²) >= 11 is 5.92. The van der Waals surface area contributed by atoms with Gasteiger partial charge >= 0.3 is 0 Å². The van der Waals surface area contributed by atoms with Gasteiger partial charge in [0.05, 0.1) is 28.1 Å². The first-order chi connectivity index (χ1) is 14.9. The number of nitro groups is 1. The quantitative estimate of drug-likeness (QED) is 0.453. The van der Waals surface area contributed by atoms with E-state index >= 15 is 0 Å². The zero-order valence-corrected chi connectivity index (χ0v) is 18.0. The molecule has 0 atom stereocenters. The van der Waals surface area contributed by atoms with Crippen molar-refractivity contribution in [2.45, 2.75) is 13.8 Å². The van der Waals surface area contributed by atoms with E-state index in [1.54, 1.807) is 27.9 Å². The van der Waals surface area contributed by atoms with Gasteiger partial charge in [-0.1, -0.05) is 29.8 Å². The summed E-state index contributed by atoms with van der Waals surface area (Å²) in [6.45, 7) is 5.83. The molecule has 9 heteroatoms. The number of aromatic nitrogens is 2. The van der Waals surface area contributed by atoms with Gasteiger partial charge in [0.2, 0.25) is 0 Å². The van der Waals surface area contributed by atoms with Gasteiger partial charge < -0.3 is 9.80 Å². The molecule has 3 aromatic rings. The standard InChI is InChI=1S/C22H22ClN5O3/c1-15-5-3-4-6-19(15)27-16(2)18(14-24-27)22(29)26-11-9-25(10-12-26)20-8-7-17(23)13-21(20)28(30)31/h3-8,13-14H,9-12H2,1-2H3. The highest BCUT2D eigenvalue weighted by Gasteiger charge is 2.28. The SMILES string of the molecule is Cc1ccccc1-n1ncc(C(=O)N2CCN(c3ccc(Cl)cc3[N+](=O)[O-])CC2)c1C. The van der Waals surface area contributed by atoms with Crippen LogP contribution < -0.4 is 4.90 Å². The van der Waals surface area contributed by atoms with E-state index in [1.165, 1.54) is 6.07 Å². The molecule has 1 aromatic heterocycles. The Morgan fingerprint density at radius 2 is 1.77 bits per heavy atom. The lowest BCUT2D eigenvalue weighted by Gasteiger charge is -2.35. The number of rotatable bonds is 4. The number of anilines is 1. The number of hydrogen-bond donors (Lipinski definition) is 0. The molecule has 1 fully saturated rings. The van der Waals surface area contributed by atoms with E-state index in [2.05, 4.69) is 5.10 Å². The van der Waals surface area contributed by atoms with Crippen LogP contribution in [-0.2, 0) is 0 Å². The van der Waals surface area contributed by atoms with E-state index in [0.717, 1.165) is 16.9 Å². The Hall–Kier alpha value is -3.39. The Bertz CT molecular complexity index is 1150. The van der Waals surface area contributed by atoms with Crippen molar-refractivity contribution in [3.63, 3.8) is 0 Å². The molecule has 160 valence electrons. The van der Waals surface area contributed by atoms with E-state index in [9.17, 15) is 14.9 Å². The number of hydrogen-bond acceptors (Lipinski definition) is 5. The molecular weight excluding hydrogens is 418 g/mol. The Labute approximate surface area is 184 Å². The first-order valence-electron chi connectivity index (χ1n) is 9.95. The molecule has 0 N–H and O–H groups in total. The molecule has 4 rings (SSSR count). The lowest BCUT2D eigenvalue weighted by Crippen LogP contribution is -2.49. The molecule has 1 aliphatic heterocycles. The van der Waals surface area contributed by atoms with Crippen LogP contribution in [0, 0.1) is 24.0 Å². The number of halogens is 1. The Morgan fingerprint density at radius 1 is 1.06 bits per heavy atom. The van der Waals surface area contributed by atoms with Gasteiger partial charge in [0.25, 0.3) is 11.6 Å². The van der Waals surface area contributed by atoms with E-state index in [0.29, 0.717) is 42.5 Å². The average Bonchev–Trinajstić information content (AvgIpc) is 3.14. The predicted octanol–water partition coefficient (Wildman–Crippen LogP) is 4.01. The minimum atomic E-state index is -0.429. The normalized spacial score (nSPS) is 14.0. The topological polar surface area (TPSA) is 84.5 Å². The summed E-state index contributed by atoms with van der Waals surface area (Å²) < 4.78 is 1.79. The van der Waals surface area contributed by atoms with Crippen molar-refractivity contribution in [3.8, 4) is 5.69 Å². The van der Waals surface area contributed by atoms with E-state index in [4.69, 9.17) is 11.6 Å². The van der Waals surface area contributed by atoms with Crippen molar-refractivity contribution in [3.05, 3.63) is 80.6 Å². The summed E-state index contributed by atoms with van der Waals surface area (Å²) in [5.41, 5.74) is 3.86. The molecule has 0 spiro atoms. The van der Waals surface area contributed by atoms with Gasteiger partial charge in [-0.15, -0.1) is 0 Å². The van der Waals surface area contributed by atoms with Crippen LogP contribution in [0.3, 0.4) is 0 Å². The molecule has 1 saturated heterocycles. The number of nitro benzene ring substituents is 1. The molecule has 1 aliphatic rings. The van der Waals surface area contributed by atoms with Gasteiger partial charge in [0.1, 0.15) is 5.69 Å². The summed E-state index contributed by atoms with van der Waals surface area (Å²) in [6, 6.07) is 12.6. The van der Waals surface area contributed by atoms with Crippen LogP contribution in [0.1, 0.15) is 21.6 Å². The summed E-state index contributed by atoms with van der Waals surface area (Å²) in [6.07, 6.45) is 1.61. The maximum absolute atomic E-state index is 13.1. The van der Waals surface area contributed by atoms with Gasteiger partial charge in [-0.3, -0.25) is 14.9 Å². The molecule has 0 radical (unpaired) electrons. The van der Waals surface area contributed by atoms with Crippen LogP contribution in [0.25, 0.3) is 5.69 Å². The highest BCUT2D eigenvalue weighted by molar-refractivity contribution is 6.30. The van der Waals surface area contributed by atoms with Crippen LogP contribution in [-0.4, -0.2) is 51.7 Å². The van der Waals surface area contributed by atoms with Crippen molar-refractivity contribution >= 4 is 28.9 Å². The maximum Gasteiger partial charge on any atom is 0.294 e.